The molecule has 0 fully saturated rings. The van der Waals surface area contributed by atoms with Gasteiger partial charge in [-0.15, -0.1) is 0 Å². The van der Waals surface area contributed by atoms with Gasteiger partial charge in [-0.05, 0) is 19.1 Å². The van der Waals surface area contributed by atoms with Crippen molar-refractivity contribution in [3.63, 3.8) is 0 Å². The number of hydrogen-bond donors (Lipinski definition) is 1. The molecule has 1 aromatic heterocycles. The molecule has 0 unspecified atom stereocenters. The Morgan fingerprint density at radius 3 is 2.68 bits per heavy atom. The smallest absolute Gasteiger partial charge is 0.305 e. The summed E-state index contributed by atoms with van der Waals surface area (Å²) in [6, 6.07) is 8.00. The average Bonchev–Trinajstić information content (AvgIpc) is 2.88. The lowest BCUT2D eigenvalue weighted by atomic mass is 10.2. The first-order chi connectivity index (χ1) is 9.15. The minimum absolute atomic E-state index is 0.0964. The van der Waals surface area contributed by atoms with Crippen LogP contribution in [-0.2, 0) is 11.3 Å². The summed E-state index contributed by atoms with van der Waals surface area (Å²) >= 11 is 0. The number of carboxylic acid groups (broad SMARTS) is 1. The molecular weight excluding hydrogens is 244 g/mol. The minimum atomic E-state index is -0.803. The second-order valence-corrected chi connectivity index (χ2v) is 4.43. The van der Waals surface area contributed by atoms with Crippen LogP contribution in [0.5, 0.6) is 0 Å². The second kappa shape index (κ2) is 6.04. The van der Waals surface area contributed by atoms with Crippen molar-refractivity contribution in [2.24, 2.45) is 0 Å². The van der Waals surface area contributed by atoms with Gasteiger partial charge in [-0.25, -0.2) is 0 Å². The number of rotatable bonds is 6. The molecule has 0 amide bonds. The van der Waals surface area contributed by atoms with Crippen LogP contribution in [0.4, 0.5) is 5.69 Å². The van der Waals surface area contributed by atoms with E-state index in [1.54, 1.807) is 12.5 Å². The van der Waals surface area contributed by atoms with Crippen LogP contribution in [0.1, 0.15) is 17.5 Å². The third kappa shape index (κ3) is 3.84. The summed E-state index contributed by atoms with van der Waals surface area (Å²) in [5, 5.41) is 12.5. The lowest BCUT2D eigenvalue weighted by molar-refractivity contribution is -0.136. The van der Waals surface area contributed by atoms with Crippen molar-refractivity contribution in [2.75, 3.05) is 11.4 Å². The van der Waals surface area contributed by atoms with E-state index in [0.29, 0.717) is 13.1 Å². The molecule has 0 radical (unpaired) electrons. The van der Waals surface area contributed by atoms with Crippen molar-refractivity contribution in [3.05, 3.63) is 47.9 Å². The standard InChI is InChI=1S/C14H16N2O3/c1-11-2-4-13(5-3-11)16(7-6-14(17)18)9-12-8-15-19-10-12/h2-5,8,10H,6-7,9H2,1H3,(H,17,18). The molecule has 0 atom stereocenters. The predicted molar refractivity (Wildman–Crippen MR) is 71.0 cm³/mol. The molecule has 0 aliphatic heterocycles. The zero-order chi connectivity index (χ0) is 13.7. The number of benzene rings is 1. The predicted octanol–water partition coefficient (Wildman–Crippen LogP) is 2.46. The molecule has 1 heterocycles. The molecule has 100 valence electrons. The van der Waals surface area contributed by atoms with Crippen LogP contribution < -0.4 is 4.90 Å². The first-order valence-electron chi connectivity index (χ1n) is 6.07. The maximum absolute atomic E-state index is 10.7. The topological polar surface area (TPSA) is 66.6 Å². The molecule has 1 aromatic carbocycles. The summed E-state index contributed by atoms with van der Waals surface area (Å²) in [7, 11) is 0. The first kappa shape index (κ1) is 13.1. The molecule has 5 nitrogen and oxygen atoms in total. The van der Waals surface area contributed by atoms with E-state index >= 15 is 0 Å². The molecule has 0 saturated carbocycles. The van der Waals surface area contributed by atoms with Crippen molar-refractivity contribution in [1.29, 1.82) is 0 Å². The number of hydrogen-bond acceptors (Lipinski definition) is 4. The maximum atomic E-state index is 10.7. The van der Waals surface area contributed by atoms with Crippen LogP contribution in [-0.4, -0.2) is 22.8 Å². The molecule has 0 aliphatic carbocycles. The Labute approximate surface area is 111 Å². The summed E-state index contributed by atoms with van der Waals surface area (Å²) in [5.41, 5.74) is 3.09. The van der Waals surface area contributed by atoms with Gasteiger partial charge in [0.1, 0.15) is 6.26 Å². The summed E-state index contributed by atoms with van der Waals surface area (Å²) in [4.78, 5) is 12.7. The number of aliphatic carboxylic acids is 1. The Hall–Kier alpha value is -2.30. The lowest BCUT2D eigenvalue weighted by Gasteiger charge is -2.23. The van der Waals surface area contributed by atoms with Gasteiger partial charge in [0.2, 0.25) is 0 Å². The molecule has 2 aromatic rings. The fraction of sp³-hybridized carbons (Fsp3) is 0.286. The quantitative estimate of drug-likeness (QED) is 0.864. The minimum Gasteiger partial charge on any atom is -0.481 e. The Kier molecular flexibility index (Phi) is 4.18. The van der Waals surface area contributed by atoms with Crippen molar-refractivity contribution in [3.8, 4) is 0 Å². The fourth-order valence-corrected chi connectivity index (χ4v) is 1.81. The van der Waals surface area contributed by atoms with E-state index in [4.69, 9.17) is 9.63 Å². The number of aryl methyl sites for hydroxylation is 1. The van der Waals surface area contributed by atoms with Gasteiger partial charge in [0.15, 0.2) is 0 Å². The molecule has 19 heavy (non-hydrogen) atoms. The second-order valence-electron chi connectivity index (χ2n) is 4.43. The van der Waals surface area contributed by atoms with Crippen LogP contribution in [0.2, 0.25) is 0 Å². The van der Waals surface area contributed by atoms with Gasteiger partial charge in [-0.3, -0.25) is 4.79 Å². The lowest BCUT2D eigenvalue weighted by Crippen LogP contribution is -2.25. The van der Waals surface area contributed by atoms with Crippen LogP contribution in [0.25, 0.3) is 0 Å². The van der Waals surface area contributed by atoms with Gasteiger partial charge in [-0.2, -0.15) is 0 Å². The maximum Gasteiger partial charge on any atom is 0.305 e. The van der Waals surface area contributed by atoms with Gasteiger partial charge in [0, 0.05) is 24.3 Å². The molecule has 1 N–H and O–H groups in total. The fourth-order valence-electron chi connectivity index (χ4n) is 1.81. The van der Waals surface area contributed by atoms with Gasteiger partial charge in [-0.1, -0.05) is 22.9 Å². The monoisotopic (exact) mass is 260 g/mol. The van der Waals surface area contributed by atoms with E-state index in [1.165, 1.54) is 5.56 Å². The molecular formula is C14H16N2O3. The first-order valence-corrected chi connectivity index (χ1v) is 6.07. The van der Waals surface area contributed by atoms with E-state index in [0.717, 1.165) is 11.3 Å². The Bertz CT molecular complexity index is 520. The average molecular weight is 260 g/mol. The number of nitrogens with zero attached hydrogens (tertiary/aromatic N) is 2. The van der Waals surface area contributed by atoms with Gasteiger partial charge in [0.25, 0.3) is 0 Å². The molecule has 0 aliphatic rings. The van der Waals surface area contributed by atoms with Crippen LogP contribution in [0, 0.1) is 6.92 Å². The number of carboxylic acids is 1. The van der Waals surface area contributed by atoms with Crippen LogP contribution >= 0.6 is 0 Å². The molecule has 0 saturated heterocycles. The van der Waals surface area contributed by atoms with Crippen molar-refractivity contribution < 1.29 is 14.4 Å². The summed E-state index contributed by atoms with van der Waals surface area (Å²) < 4.78 is 4.80. The number of carbonyl (C=O) groups is 1. The van der Waals surface area contributed by atoms with Crippen molar-refractivity contribution in [1.82, 2.24) is 5.16 Å². The zero-order valence-electron chi connectivity index (χ0n) is 10.7. The summed E-state index contributed by atoms with van der Waals surface area (Å²) in [6.07, 6.45) is 3.31. The molecule has 0 bridgehead atoms. The van der Waals surface area contributed by atoms with Crippen LogP contribution in [0.15, 0.2) is 41.2 Å². The zero-order valence-corrected chi connectivity index (χ0v) is 10.7. The highest BCUT2D eigenvalue weighted by atomic mass is 16.5. The van der Waals surface area contributed by atoms with Gasteiger partial charge in [0.05, 0.1) is 12.6 Å². The normalized spacial score (nSPS) is 10.4. The van der Waals surface area contributed by atoms with Crippen molar-refractivity contribution in [2.45, 2.75) is 19.9 Å². The largest absolute Gasteiger partial charge is 0.481 e. The van der Waals surface area contributed by atoms with E-state index < -0.39 is 5.97 Å². The molecule has 5 heteroatoms. The highest BCUT2D eigenvalue weighted by Crippen LogP contribution is 2.18. The number of aromatic nitrogens is 1. The Morgan fingerprint density at radius 2 is 2.11 bits per heavy atom. The number of anilines is 1. The summed E-state index contributed by atoms with van der Waals surface area (Å²) in [6.45, 7) is 3.05. The van der Waals surface area contributed by atoms with Crippen molar-refractivity contribution >= 4 is 11.7 Å². The molecule has 0 spiro atoms. The van der Waals surface area contributed by atoms with Gasteiger partial charge >= 0.3 is 5.97 Å². The Balaban J connectivity index is 2.13. The Morgan fingerprint density at radius 1 is 1.37 bits per heavy atom. The SMILES string of the molecule is Cc1ccc(N(CCC(=O)O)Cc2cnoc2)cc1. The van der Waals surface area contributed by atoms with E-state index in [-0.39, 0.29) is 6.42 Å². The highest BCUT2D eigenvalue weighted by molar-refractivity contribution is 5.67. The third-order valence-electron chi connectivity index (χ3n) is 2.85. The molecule has 2 rings (SSSR count). The van der Waals surface area contributed by atoms with Crippen LogP contribution in [0.3, 0.4) is 0 Å². The van der Waals surface area contributed by atoms with E-state index in [2.05, 4.69) is 5.16 Å². The highest BCUT2D eigenvalue weighted by Gasteiger charge is 2.10. The van der Waals surface area contributed by atoms with E-state index in [1.807, 2.05) is 36.1 Å². The van der Waals surface area contributed by atoms with E-state index in [9.17, 15) is 4.79 Å². The summed E-state index contributed by atoms with van der Waals surface area (Å²) in [5.74, 6) is -0.803. The third-order valence-corrected chi connectivity index (χ3v) is 2.85. The van der Waals surface area contributed by atoms with Gasteiger partial charge < -0.3 is 14.5 Å².